The van der Waals surface area contributed by atoms with Crippen LogP contribution in [-0.4, -0.2) is 52.9 Å². The van der Waals surface area contributed by atoms with Crippen LogP contribution in [0.25, 0.3) is 0 Å². The van der Waals surface area contributed by atoms with Gasteiger partial charge in [-0.1, -0.05) is 0 Å². The first-order chi connectivity index (χ1) is 10.3. The van der Waals surface area contributed by atoms with Gasteiger partial charge in [0.1, 0.15) is 5.60 Å². The lowest BCUT2D eigenvalue weighted by Crippen LogP contribution is -2.52. The summed E-state index contributed by atoms with van der Waals surface area (Å²) in [6.07, 6.45) is 0.450. The predicted octanol–water partition coefficient (Wildman–Crippen LogP) is 2.33. The lowest BCUT2D eigenvalue weighted by molar-refractivity contribution is -0.00186. The molecule has 7 heteroatoms. The molecule has 0 unspecified atom stereocenters. The minimum absolute atomic E-state index is 0.252. The van der Waals surface area contributed by atoms with Gasteiger partial charge in [-0.25, -0.2) is 4.79 Å². The Morgan fingerprint density at radius 2 is 2.00 bits per heavy atom. The lowest BCUT2D eigenvalue weighted by atomic mass is 9.97. The summed E-state index contributed by atoms with van der Waals surface area (Å²) in [5, 5.41) is 4.01. The number of aromatic nitrogens is 2. The summed E-state index contributed by atoms with van der Waals surface area (Å²) < 4.78 is 10.6. The highest BCUT2D eigenvalue weighted by Crippen LogP contribution is 2.23. The second-order valence-electron chi connectivity index (χ2n) is 6.62. The summed E-state index contributed by atoms with van der Waals surface area (Å²) in [7, 11) is 0. The van der Waals surface area contributed by atoms with Crippen molar-refractivity contribution in [2.24, 2.45) is 5.92 Å². The SMILES string of the molecule is CCN(CC)c1noc(CC2CN(C(=O)OC(C)(C)C)C2)n1. The first kappa shape index (κ1) is 16.6. The Hall–Kier alpha value is -1.79. The summed E-state index contributed by atoms with van der Waals surface area (Å²) >= 11 is 0. The second-order valence-corrected chi connectivity index (χ2v) is 6.62. The van der Waals surface area contributed by atoms with Gasteiger partial charge in [0.05, 0.1) is 0 Å². The Morgan fingerprint density at radius 3 is 2.55 bits per heavy atom. The van der Waals surface area contributed by atoms with Crippen molar-refractivity contribution in [2.45, 2.75) is 46.6 Å². The minimum Gasteiger partial charge on any atom is -0.444 e. The van der Waals surface area contributed by atoms with Crippen LogP contribution in [0, 0.1) is 5.92 Å². The number of likely N-dealkylation sites (tertiary alicyclic amines) is 1. The fourth-order valence-corrected chi connectivity index (χ4v) is 2.39. The highest BCUT2D eigenvalue weighted by atomic mass is 16.6. The van der Waals surface area contributed by atoms with Crippen LogP contribution in [0.15, 0.2) is 4.52 Å². The van der Waals surface area contributed by atoms with Crippen LogP contribution in [0.4, 0.5) is 10.7 Å². The highest BCUT2D eigenvalue weighted by molar-refractivity contribution is 5.69. The molecular formula is C15H26N4O3. The monoisotopic (exact) mass is 310 g/mol. The van der Waals surface area contributed by atoms with Crippen LogP contribution in [0.5, 0.6) is 0 Å². The van der Waals surface area contributed by atoms with Crippen LogP contribution in [0.3, 0.4) is 0 Å². The molecule has 0 atom stereocenters. The minimum atomic E-state index is -0.451. The highest BCUT2D eigenvalue weighted by Gasteiger charge is 2.34. The fourth-order valence-electron chi connectivity index (χ4n) is 2.39. The van der Waals surface area contributed by atoms with Crippen molar-refractivity contribution in [3.63, 3.8) is 0 Å². The first-order valence-corrected chi connectivity index (χ1v) is 7.87. The molecule has 0 N–H and O–H groups in total. The van der Waals surface area contributed by atoms with Gasteiger partial charge >= 0.3 is 6.09 Å². The second kappa shape index (κ2) is 6.54. The molecule has 1 aromatic rings. The number of nitrogens with zero attached hydrogens (tertiary/aromatic N) is 4. The van der Waals surface area contributed by atoms with Crippen LogP contribution in [0.1, 0.15) is 40.5 Å². The molecule has 0 bridgehead atoms. The van der Waals surface area contributed by atoms with Gasteiger partial charge in [0.25, 0.3) is 5.95 Å². The molecule has 22 heavy (non-hydrogen) atoms. The lowest BCUT2D eigenvalue weighted by Gasteiger charge is -2.39. The van der Waals surface area contributed by atoms with E-state index in [0.717, 1.165) is 13.1 Å². The van der Waals surface area contributed by atoms with Gasteiger partial charge in [0.15, 0.2) is 0 Å². The summed E-state index contributed by atoms with van der Waals surface area (Å²) in [5.41, 5.74) is -0.451. The third-order valence-electron chi connectivity index (χ3n) is 3.58. The van der Waals surface area contributed by atoms with Crippen LogP contribution >= 0.6 is 0 Å². The maximum absolute atomic E-state index is 11.9. The molecular weight excluding hydrogens is 284 g/mol. The van der Waals surface area contributed by atoms with E-state index < -0.39 is 5.60 Å². The molecule has 1 aromatic heterocycles. The normalized spacial score (nSPS) is 15.6. The van der Waals surface area contributed by atoms with Gasteiger partial charge in [-0.3, -0.25) is 0 Å². The molecule has 1 amide bonds. The largest absolute Gasteiger partial charge is 0.444 e. The molecule has 7 nitrogen and oxygen atoms in total. The summed E-state index contributed by atoms with van der Waals surface area (Å²) in [6.45, 7) is 12.8. The van der Waals surface area contributed by atoms with Gasteiger partial charge in [-0.05, 0) is 39.8 Å². The molecule has 0 aliphatic carbocycles. The van der Waals surface area contributed by atoms with E-state index in [2.05, 4.69) is 24.0 Å². The van der Waals surface area contributed by atoms with E-state index in [1.165, 1.54) is 0 Å². The molecule has 0 spiro atoms. The van der Waals surface area contributed by atoms with Crippen molar-refractivity contribution in [3.8, 4) is 0 Å². The third kappa shape index (κ3) is 4.11. The Bertz CT molecular complexity index is 499. The van der Waals surface area contributed by atoms with Crippen molar-refractivity contribution in [2.75, 3.05) is 31.1 Å². The third-order valence-corrected chi connectivity index (χ3v) is 3.58. The number of anilines is 1. The van der Waals surface area contributed by atoms with Crippen molar-refractivity contribution in [1.29, 1.82) is 0 Å². The Balaban J connectivity index is 1.79. The molecule has 1 aliphatic heterocycles. The topological polar surface area (TPSA) is 71.7 Å². The van der Waals surface area contributed by atoms with Gasteiger partial charge in [0.2, 0.25) is 5.89 Å². The molecule has 0 radical (unpaired) electrons. The number of amides is 1. The van der Waals surface area contributed by atoms with Crippen LogP contribution in [-0.2, 0) is 11.2 Å². The van der Waals surface area contributed by atoms with Crippen molar-refractivity contribution >= 4 is 12.0 Å². The smallest absolute Gasteiger partial charge is 0.410 e. The average Bonchev–Trinajstić information content (AvgIpc) is 2.81. The number of ether oxygens (including phenoxy) is 1. The van der Waals surface area contributed by atoms with E-state index >= 15 is 0 Å². The van der Waals surface area contributed by atoms with E-state index in [1.807, 2.05) is 25.7 Å². The summed E-state index contributed by atoms with van der Waals surface area (Å²) in [6, 6.07) is 0. The molecule has 1 aliphatic rings. The van der Waals surface area contributed by atoms with Crippen molar-refractivity contribution < 1.29 is 14.1 Å². The fraction of sp³-hybridized carbons (Fsp3) is 0.800. The van der Waals surface area contributed by atoms with Crippen LogP contribution in [0.2, 0.25) is 0 Å². The molecule has 1 fully saturated rings. The number of hydrogen-bond donors (Lipinski definition) is 0. The predicted molar refractivity (Wildman–Crippen MR) is 82.9 cm³/mol. The average molecular weight is 310 g/mol. The van der Waals surface area contributed by atoms with E-state index in [1.54, 1.807) is 4.90 Å². The van der Waals surface area contributed by atoms with Gasteiger partial charge in [-0.2, -0.15) is 4.98 Å². The summed E-state index contributed by atoms with van der Waals surface area (Å²) in [4.78, 5) is 20.0. The zero-order valence-electron chi connectivity index (χ0n) is 14.1. The van der Waals surface area contributed by atoms with E-state index in [4.69, 9.17) is 9.26 Å². The van der Waals surface area contributed by atoms with E-state index in [-0.39, 0.29) is 6.09 Å². The zero-order chi connectivity index (χ0) is 16.3. The van der Waals surface area contributed by atoms with Crippen molar-refractivity contribution in [3.05, 3.63) is 5.89 Å². The molecule has 0 saturated carbocycles. The number of rotatable bonds is 5. The maximum atomic E-state index is 11.9. The van der Waals surface area contributed by atoms with E-state index in [0.29, 0.717) is 37.3 Å². The molecule has 2 rings (SSSR count). The molecule has 124 valence electrons. The zero-order valence-corrected chi connectivity index (χ0v) is 14.1. The Labute approximate surface area is 131 Å². The maximum Gasteiger partial charge on any atom is 0.410 e. The van der Waals surface area contributed by atoms with Crippen LogP contribution < -0.4 is 4.90 Å². The van der Waals surface area contributed by atoms with Crippen molar-refractivity contribution in [1.82, 2.24) is 15.0 Å². The summed E-state index contributed by atoms with van der Waals surface area (Å²) in [5.74, 6) is 1.64. The van der Waals surface area contributed by atoms with Gasteiger partial charge in [0, 0.05) is 38.5 Å². The first-order valence-electron chi connectivity index (χ1n) is 7.87. The van der Waals surface area contributed by atoms with Gasteiger partial charge < -0.3 is 19.1 Å². The molecule has 2 heterocycles. The number of hydrogen-bond acceptors (Lipinski definition) is 6. The number of carbonyl (C=O) groups is 1. The van der Waals surface area contributed by atoms with Gasteiger partial charge in [-0.15, -0.1) is 0 Å². The Morgan fingerprint density at radius 1 is 1.36 bits per heavy atom. The van der Waals surface area contributed by atoms with E-state index in [9.17, 15) is 4.79 Å². The Kier molecular flexibility index (Phi) is 4.93. The number of carbonyl (C=O) groups excluding carboxylic acids is 1. The molecule has 0 aromatic carbocycles. The molecule has 1 saturated heterocycles. The quantitative estimate of drug-likeness (QED) is 0.831. The standard InChI is InChI=1S/C15H26N4O3/c1-6-18(7-2)13-16-12(22-17-13)8-11-9-19(10-11)14(20)21-15(3,4)5/h11H,6-10H2,1-5H3.